The monoisotopic (exact) mass is 424 g/mol. The molecular weight excluding hydrogens is 408 g/mol. The van der Waals surface area contributed by atoms with E-state index in [0.717, 1.165) is 39.0 Å². The zero-order chi connectivity index (χ0) is 19.0. The fraction of sp³-hybridized carbons (Fsp3) is 0.143. The Morgan fingerprint density at radius 2 is 2.04 bits per heavy atom. The predicted molar refractivity (Wildman–Crippen MR) is 106 cm³/mol. The molecule has 0 amide bonds. The summed E-state index contributed by atoms with van der Waals surface area (Å²) < 4.78 is 8.30. The van der Waals surface area contributed by atoms with Crippen LogP contribution in [0.2, 0.25) is 0 Å². The van der Waals surface area contributed by atoms with Gasteiger partial charge in [0.25, 0.3) is 0 Å². The van der Waals surface area contributed by atoms with E-state index in [0.29, 0.717) is 12.1 Å². The third-order valence-corrected chi connectivity index (χ3v) is 5.57. The van der Waals surface area contributed by atoms with Gasteiger partial charge < -0.3 is 14.1 Å². The number of carbonyl (C=O) groups is 1. The minimum absolute atomic E-state index is 0.271. The number of imidazole rings is 1. The maximum absolute atomic E-state index is 11.8. The van der Waals surface area contributed by atoms with Crippen molar-refractivity contribution in [1.29, 1.82) is 0 Å². The molecule has 6 heteroatoms. The van der Waals surface area contributed by atoms with Gasteiger partial charge >= 0.3 is 5.97 Å². The van der Waals surface area contributed by atoms with Crippen molar-refractivity contribution in [2.75, 3.05) is 0 Å². The normalized spacial score (nSPS) is 11.2. The predicted octanol–water partition coefficient (Wildman–Crippen LogP) is 5.32. The van der Waals surface area contributed by atoms with E-state index in [1.165, 1.54) is 0 Å². The highest BCUT2D eigenvalue weighted by atomic mass is 79.9. The molecule has 2 aliphatic rings. The van der Waals surface area contributed by atoms with Crippen LogP contribution in [-0.2, 0) is 13.0 Å². The summed E-state index contributed by atoms with van der Waals surface area (Å²) in [6.07, 6.45) is 7.89. The summed E-state index contributed by atoms with van der Waals surface area (Å²) in [7, 11) is 0. The van der Waals surface area contributed by atoms with Gasteiger partial charge in [0.1, 0.15) is 5.82 Å². The first-order valence-electron chi connectivity index (χ1n) is 8.60. The second-order valence-electron chi connectivity index (χ2n) is 6.23. The van der Waals surface area contributed by atoms with Crippen LogP contribution in [0, 0.1) is 0 Å². The first kappa shape index (κ1) is 17.5. The van der Waals surface area contributed by atoms with E-state index in [-0.39, 0.29) is 5.56 Å². The summed E-state index contributed by atoms with van der Waals surface area (Å²) in [5, 5.41) is 9.67. The largest absolute Gasteiger partial charge is 0.478 e. The Morgan fingerprint density at radius 3 is 2.81 bits per heavy atom. The fourth-order valence-electron chi connectivity index (χ4n) is 3.50. The standard InChI is InChI=1S/C21H17BrN2O3/c1-2-18-23-8-9-24(18)11-16-13-7-10-27-12-17(13)20(22)19(16)14-5-3-4-6-15(14)21(25)26/h3-10,12H,2,11H2,1H3,(H,25,26). The molecule has 1 N–H and O–H groups in total. The van der Waals surface area contributed by atoms with E-state index in [1.54, 1.807) is 30.9 Å². The maximum Gasteiger partial charge on any atom is 0.336 e. The lowest BCUT2D eigenvalue weighted by Gasteiger charge is -2.12. The third kappa shape index (κ3) is 2.96. The van der Waals surface area contributed by atoms with Crippen molar-refractivity contribution in [2.24, 2.45) is 0 Å². The van der Waals surface area contributed by atoms with Crippen LogP contribution in [0.3, 0.4) is 0 Å². The lowest BCUT2D eigenvalue weighted by atomic mass is 9.98. The number of aromatic nitrogens is 2. The molecule has 0 unspecified atom stereocenters. The van der Waals surface area contributed by atoms with Gasteiger partial charge in [0, 0.05) is 34.4 Å². The Morgan fingerprint density at radius 1 is 1.22 bits per heavy atom. The first-order chi connectivity index (χ1) is 13.1. The summed E-state index contributed by atoms with van der Waals surface area (Å²) in [5.41, 5.74) is 4.81. The van der Waals surface area contributed by atoms with Crippen LogP contribution in [0.1, 0.15) is 28.7 Å². The van der Waals surface area contributed by atoms with Crippen LogP contribution in [0.25, 0.3) is 22.3 Å². The molecule has 1 aliphatic carbocycles. The van der Waals surface area contributed by atoms with Gasteiger partial charge in [0.15, 0.2) is 0 Å². The van der Waals surface area contributed by atoms with Crippen molar-refractivity contribution in [1.82, 2.24) is 9.55 Å². The zero-order valence-corrected chi connectivity index (χ0v) is 16.2. The van der Waals surface area contributed by atoms with Crippen LogP contribution in [-0.4, -0.2) is 20.6 Å². The molecule has 0 saturated carbocycles. The molecule has 0 radical (unpaired) electrons. The van der Waals surface area contributed by atoms with Gasteiger partial charge in [-0.3, -0.25) is 0 Å². The summed E-state index contributed by atoms with van der Waals surface area (Å²) in [5.74, 6) is 0.0360. The Balaban J connectivity index is 1.99. The molecule has 1 aromatic heterocycles. The number of aryl methyl sites for hydroxylation is 1. The molecule has 2 aromatic rings. The number of carboxylic acid groups (broad SMARTS) is 1. The smallest absolute Gasteiger partial charge is 0.336 e. The van der Waals surface area contributed by atoms with Crippen LogP contribution in [0.15, 0.2) is 64.1 Å². The number of hydrogen-bond acceptors (Lipinski definition) is 3. The lowest BCUT2D eigenvalue weighted by molar-refractivity contribution is 0.0697. The second kappa shape index (κ2) is 7.04. The third-order valence-electron chi connectivity index (χ3n) is 4.75. The van der Waals surface area contributed by atoms with E-state index in [9.17, 15) is 9.90 Å². The van der Waals surface area contributed by atoms with E-state index in [4.69, 9.17) is 4.42 Å². The molecule has 0 atom stereocenters. The highest BCUT2D eigenvalue weighted by molar-refractivity contribution is 9.10. The highest BCUT2D eigenvalue weighted by Crippen LogP contribution is 2.47. The second-order valence-corrected chi connectivity index (χ2v) is 7.02. The number of hydrogen-bond donors (Lipinski definition) is 1. The van der Waals surface area contributed by atoms with E-state index in [1.807, 2.05) is 24.4 Å². The molecule has 1 aliphatic heterocycles. The van der Waals surface area contributed by atoms with Gasteiger partial charge in [-0.05, 0) is 44.8 Å². The van der Waals surface area contributed by atoms with Gasteiger partial charge in [-0.2, -0.15) is 0 Å². The number of aromatic carboxylic acids is 1. The minimum Gasteiger partial charge on any atom is -0.478 e. The average Bonchev–Trinajstić information content (AvgIpc) is 3.25. The highest BCUT2D eigenvalue weighted by Gasteiger charge is 2.26. The fourth-order valence-corrected chi connectivity index (χ4v) is 4.26. The Hall–Kier alpha value is -2.86. The first-order valence-corrected chi connectivity index (χ1v) is 9.40. The average molecular weight is 425 g/mol. The van der Waals surface area contributed by atoms with Crippen molar-refractivity contribution in [3.05, 3.63) is 76.7 Å². The van der Waals surface area contributed by atoms with Crippen LogP contribution in [0.4, 0.5) is 0 Å². The summed E-state index contributed by atoms with van der Waals surface area (Å²) in [4.78, 5) is 16.2. The van der Waals surface area contributed by atoms with Gasteiger partial charge in [-0.1, -0.05) is 25.1 Å². The summed E-state index contributed by atoms with van der Waals surface area (Å²) >= 11 is 3.68. The van der Waals surface area contributed by atoms with Crippen molar-refractivity contribution in [3.8, 4) is 22.3 Å². The molecule has 0 bridgehead atoms. The quantitative estimate of drug-likeness (QED) is 0.470. The van der Waals surface area contributed by atoms with E-state index in [2.05, 4.69) is 32.4 Å². The zero-order valence-electron chi connectivity index (χ0n) is 14.6. The number of carboxylic acids is 1. The van der Waals surface area contributed by atoms with Crippen molar-refractivity contribution >= 4 is 21.9 Å². The molecule has 4 rings (SSSR count). The molecule has 136 valence electrons. The van der Waals surface area contributed by atoms with Crippen LogP contribution < -0.4 is 0 Å². The van der Waals surface area contributed by atoms with Crippen molar-refractivity contribution < 1.29 is 14.3 Å². The SMILES string of the molecule is CCc1nccn1Cc1c2ccocc-2c(Br)c1-c1ccccc1C(=O)O. The van der Waals surface area contributed by atoms with Crippen LogP contribution in [0.5, 0.6) is 0 Å². The van der Waals surface area contributed by atoms with Gasteiger partial charge in [0.05, 0.1) is 24.6 Å². The maximum atomic E-state index is 11.8. The molecule has 1 aromatic carbocycles. The van der Waals surface area contributed by atoms with Crippen molar-refractivity contribution in [3.63, 3.8) is 0 Å². The lowest BCUT2D eigenvalue weighted by Crippen LogP contribution is -2.05. The molecule has 0 fully saturated rings. The van der Waals surface area contributed by atoms with E-state index >= 15 is 0 Å². The number of halogens is 1. The molecule has 27 heavy (non-hydrogen) atoms. The molecular formula is C21H17BrN2O3. The van der Waals surface area contributed by atoms with Crippen LogP contribution >= 0.6 is 15.9 Å². The molecule has 0 spiro atoms. The van der Waals surface area contributed by atoms with Gasteiger partial charge in [0.2, 0.25) is 0 Å². The minimum atomic E-state index is -0.949. The Labute approximate surface area is 164 Å². The Bertz CT molecular complexity index is 1100. The number of benzene rings is 1. The molecule has 2 heterocycles. The molecule has 0 saturated heterocycles. The molecule has 5 nitrogen and oxygen atoms in total. The summed E-state index contributed by atoms with van der Waals surface area (Å²) in [6, 6.07) is 8.99. The van der Waals surface area contributed by atoms with Crippen molar-refractivity contribution in [2.45, 2.75) is 19.9 Å². The number of fused-ring (bicyclic) bond motifs is 1. The number of rotatable bonds is 5. The van der Waals surface area contributed by atoms with Gasteiger partial charge in [-0.15, -0.1) is 0 Å². The topological polar surface area (TPSA) is 68.3 Å². The Kier molecular flexibility index (Phi) is 4.58. The number of nitrogens with zero attached hydrogens (tertiary/aromatic N) is 2. The summed E-state index contributed by atoms with van der Waals surface area (Å²) in [6.45, 7) is 2.66. The van der Waals surface area contributed by atoms with E-state index < -0.39 is 5.97 Å². The van der Waals surface area contributed by atoms with Gasteiger partial charge in [-0.25, -0.2) is 9.78 Å².